The van der Waals surface area contributed by atoms with E-state index in [0.717, 1.165) is 0 Å². The molecule has 1 aliphatic heterocycles. The van der Waals surface area contributed by atoms with Crippen LogP contribution in [-0.2, 0) is 4.79 Å². The first-order valence-corrected chi connectivity index (χ1v) is 6.63. The maximum absolute atomic E-state index is 11.9. The van der Waals surface area contributed by atoms with E-state index in [-0.39, 0.29) is 11.9 Å². The van der Waals surface area contributed by atoms with E-state index in [9.17, 15) is 9.59 Å². The molecule has 7 heteroatoms. The Bertz CT molecular complexity index is 338. The number of urea groups is 1. The molecule has 0 aromatic heterocycles. The van der Waals surface area contributed by atoms with Crippen molar-refractivity contribution in [2.45, 2.75) is 24.8 Å². The monoisotopic (exact) mass is 278 g/mol. The van der Waals surface area contributed by atoms with E-state index >= 15 is 0 Å². The smallest absolute Gasteiger partial charge is 0.327 e. The maximum atomic E-state index is 11.9. The summed E-state index contributed by atoms with van der Waals surface area (Å²) in [6.07, 6.45) is 0.712. The molecule has 0 spiro atoms. The fourth-order valence-corrected chi connectivity index (χ4v) is 3.02. The standard InChI is InChI=1S/C10H15ClN2O3S/c1-3-8-13(7(5-17-8)9(14)15)10(16)12-4-6(2)11/h7-8H,2-5H2,1H3,(H,12,16)(H,14,15). The largest absolute Gasteiger partial charge is 0.480 e. The molecule has 2 amide bonds. The van der Waals surface area contributed by atoms with Crippen LogP contribution in [0.3, 0.4) is 0 Å². The number of hydrogen-bond acceptors (Lipinski definition) is 3. The summed E-state index contributed by atoms with van der Waals surface area (Å²) < 4.78 is 0. The van der Waals surface area contributed by atoms with Crippen molar-refractivity contribution in [1.82, 2.24) is 10.2 Å². The lowest BCUT2D eigenvalue weighted by Crippen LogP contribution is -2.50. The zero-order valence-corrected chi connectivity index (χ0v) is 11.1. The molecule has 5 nitrogen and oxygen atoms in total. The SMILES string of the molecule is C=C(Cl)CNC(=O)N1C(CC)SCC1C(=O)O. The van der Waals surface area contributed by atoms with Crippen molar-refractivity contribution in [2.24, 2.45) is 0 Å². The summed E-state index contributed by atoms with van der Waals surface area (Å²) in [5, 5.41) is 11.8. The van der Waals surface area contributed by atoms with Gasteiger partial charge in [0.1, 0.15) is 6.04 Å². The van der Waals surface area contributed by atoms with Crippen LogP contribution in [0.15, 0.2) is 11.6 Å². The average molecular weight is 279 g/mol. The van der Waals surface area contributed by atoms with Gasteiger partial charge in [0.15, 0.2) is 0 Å². The molecule has 96 valence electrons. The van der Waals surface area contributed by atoms with Crippen LogP contribution in [0, 0.1) is 0 Å². The van der Waals surface area contributed by atoms with Crippen LogP contribution in [0.4, 0.5) is 4.79 Å². The van der Waals surface area contributed by atoms with E-state index < -0.39 is 18.0 Å². The van der Waals surface area contributed by atoms with E-state index in [0.29, 0.717) is 17.2 Å². The topological polar surface area (TPSA) is 69.6 Å². The Hall–Kier alpha value is -0.880. The zero-order valence-electron chi connectivity index (χ0n) is 9.48. The summed E-state index contributed by atoms with van der Waals surface area (Å²) in [5.41, 5.74) is 0. The molecule has 1 rings (SSSR count). The van der Waals surface area contributed by atoms with Crippen LogP contribution in [0.25, 0.3) is 0 Å². The number of rotatable bonds is 4. The van der Waals surface area contributed by atoms with Crippen molar-refractivity contribution in [3.8, 4) is 0 Å². The Kier molecular flexibility index (Phi) is 5.14. The number of halogens is 1. The molecule has 1 aliphatic rings. The highest BCUT2D eigenvalue weighted by atomic mass is 35.5. The Morgan fingerprint density at radius 2 is 2.29 bits per heavy atom. The molecular formula is C10H15ClN2O3S. The lowest BCUT2D eigenvalue weighted by Gasteiger charge is -2.26. The van der Waals surface area contributed by atoms with Crippen molar-refractivity contribution in [1.29, 1.82) is 0 Å². The second-order valence-electron chi connectivity index (χ2n) is 3.63. The summed E-state index contributed by atoms with van der Waals surface area (Å²) in [5.74, 6) is -0.559. The third-order valence-electron chi connectivity index (χ3n) is 2.39. The molecule has 17 heavy (non-hydrogen) atoms. The molecule has 1 saturated heterocycles. The highest BCUT2D eigenvalue weighted by Crippen LogP contribution is 2.31. The fraction of sp³-hybridized carbons (Fsp3) is 0.600. The first-order valence-electron chi connectivity index (χ1n) is 5.21. The first-order chi connectivity index (χ1) is 7.97. The Morgan fingerprint density at radius 3 is 2.76 bits per heavy atom. The summed E-state index contributed by atoms with van der Waals surface area (Å²) in [4.78, 5) is 24.3. The quantitative estimate of drug-likeness (QED) is 0.821. The minimum Gasteiger partial charge on any atom is -0.480 e. The van der Waals surface area contributed by atoms with Crippen LogP contribution in [0.5, 0.6) is 0 Å². The molecule has 2 atom stereocenters. The molecule has 1 fully saturated rings. The van der Waals surface area contributed by atoms with E-state index in [4.69, 9.17) is 16.7 Å². The number of amides is 2. The molecular weight excluding hydrogens is 264 g/mol. The van der Waals surface area contributed by atoms with Crippen molar-refractivity contribution < 1.29 is 14.7 Å². The summed E-state index contributed by atoms with van der Waals surface area (Å²) >= 11 is 7.03. The van der Waals surface area contributed by atoms with E-state index in [1.165, 1.54) is 16.7 Å². The third-order valence-corrected chi connectivity index (χ3v) is 3.98. The highest BCUT2D eigenvalue weighted by Gasteiger charge is 2.40. The van der Waals surface area contributed by atoms with Crippen LogP contribution in [0.1, 0.15) is 13.3 Å². The van der Waals surface area contributed by atoms with Gasteiger partial charge in [-0.25, -0.2) is 9.59 Å². The predicted molar refractivity (Wildman–Crippen MR) is 68.2 cm³/mol. The van der Waals surface area contributed by atoms with Gasteiger partial charge < -0.3 is 10.4 Å². The number of carbonyl (C=O) groups excluding carboxylic acids is 1. The fourth-order valence-electron chi connectivity index (χ4n) is 1.60. The summed E-state index contributed by atoms with van der Waals surface area (Å²) in [6.45, 7) is 5.52. The molecule has 2 unspecified atom stereocenters. The van der Waals surface area contributed by atoms with E-state index in [1.807, 2.05) is 6.92 Å². The Labute approximate surface area is 109 Å². The predicted octanol–water partition coefficient (Wildman–Crippen LogP) is 1.69. The van der Waals surface area contributed by atoms with E-state index in [2.05, 4.69) is 11.9 Å². The number of carbonyl (C=O) groups is 2. The second kappa shape index (κ2) is 6.16. The number of carboxylic acid groups (broad SMARTS) is 1. The molecule has 0 bridgehead atoms. The molecule has 0 saturated carbocycles. The van der Waals surface area contributed by atoms with Gasteiger partial charge in [-0.05, 0) is 6.42 Å². The van der Waals surface area contributed by atoms with Gasteiger partial charge in [0.05, 0.1) is 11.9 Å². The van der Waals surface area contributed by atoms with Gasteiger partial charge in [0, 0.05) is 10.8 Å². The van der Waals surface area contributed by atoms with Gasteiger partial charge in [0.25, 0.3) is 0 Å². The Morgan fingerprint density at radius 1 is 1.65 bits per heavy atom. The van der Waals surface area contributed by atoms with Crippen molar-refractivity contribution in [3.63, 3.8) is 0 Å². The van der Waals surface area contributed by atoms with Gasteiger partial charge in [-0.2, -0.15) is 0 Å². The lowest BCUT2D eigenvalue weighted by molar-refractivity contribution is -0.141. The van der Waals surface area contributed by atoms with Gasteiger partial charge >= 0.3 is 12.0 Å². The number of thioether (sulfide) groups is 1. The third kappa shape index (κ3) is 3.54. The van der Waals surface area contributed by atoms with Crippen LogP contribution in [0.2, 0.25) is 0 Å². The zero-order chi connectivity index (χ0) is 13.0. The van der Waals surface area contributed by atoms with Crippen LogP contribution < -0.4 is 5.32 Å². The minimum absolute atomic E-state index is 0.0975. The van der Waals surface area contributed by atoms with Crippen molar-refractivity contribution >= 4 is 35.4 Å². The van der Waals surface area contributed by atoms with E-state index in [1.54, 1.807) is 0 Å². The lowest BCUT2D eigenvalue weighted by atomic mass is 10.3. The number of aliphatic carboxylic acids is 1. The molecule has 0 aromatic carbocycles. The second-order valence-corrected chi connectivity index (χ2v) is 5.38. The minimum atomic E-state index is -0.978. The van der Waals surface area contributed by atoms with Gasteiger partial charge in [0.2, 0.25) is 0 Å². The molecule has 0 aliphatic carbocycles. The van der Waals surface area contributed by atoms with Crippen LogP contribution >= 0.6 is 23.4 Å². The number of hydrogen-bond donors (Lipinski definition) is 2. The summed E-state index contributed by atoms with van der Waals surface area (Å²) in [6, 6.07) is -1.18. The molecule has 0 aromatic rings. The normalized spacial score (nSPS) is 23.5. The highest BCUT2D eigenvalue weighted by molar-refractivity contribution is 8.00. The van der Waals surface area contributed by atoms with Gasteiger partial charge in [-0.1, -0.05) is 25.1 Å². The number of carboxylic acids is 1. The van der Waals surface area contributed by atoms with Crippen LogP contribution in [-0.4, -0.2) is 45.7 Å². The summed E-state index contributed by atoms with van der Waals surface area (Å²) in [7, 11) is 0. The number of nitrogens with zero attached hydrogens (tertiary/aromatic N) is 1. The van der Waals surface area contributed by atoms with Crippen molar-refractivity contribution in [3.05, 3.63) is 11.6 Å². The molecule has 0 radical (unpaired) electrons. The Balaban J connectivity index is 2.70. The first kappa shape index (κ1) is 14.2. The van der Waals surface area contributed by atoms with Crippen molar-refractivity contribution in [2.75, 3.05) is 12.3 Å². The van der Waals surface area contributed by atoms with Gasteiger partial charge in [-0.15, -0.1) is 11.8 Å². The van der Waals surface area contributed by atoms with Gasteiger partial charge in [-0.3, -0.25) is 4.90 Å². The molecule has 1 heterocycles. The molecule has 2 N–H and O–H groups in total. The average Bonchev–Trinajstić information content (AvgIpc) is 2.69. The number of nitrogens with one attached hydrogen (secondary N) is 1. The maximum Gasteiger partial charge on any atom is 0.327 e.